The molecule has 0 aliphatic carbocycles. The van der Waals surface area contributed by atoms with Gasteiger partial charge in [-0.3, -0.25) is 10.1 Å². The van der Waals surface area contributed by atoms with Crippen molar-refractivity contribution in [2.75, 3.05) is 11.9 Å². The summed E-state index contributed by atoms with van der Waals surface area (Å²) in [7, 11) is 0. The van der Waals surface area contributed by atoms with E-state index in [1.807, 2.05) is 66.9 Å². The summed E-state index contributed by atoms with van der Waals surface area (Å²) >= 11 is 0. The highest BCUT2D eigenvalue weighted by atomic mass is 16.5. The van der Waals surface area contributed by atoms with Crippen molar-refractivity contribution in [3.05, 3.63) is 82.3 Å². The second-order valence-electron chi connectivity index (χ2n) is 7.01. The first-order valence-corrected chi connectivity index (χ1v) is 9.99. The highest BCUT2D eigenvalue weighted by Crippen LogP contribution is 2.22. The number of anilines is 1. The topological polar surface area (TPSA) is 101 Å². The number of rotatable bonds is 6. The molecule has 2 aromatic heterocycles. The zero-order valence-electron chi connectivity index (χ0n) is 17.3. The van der Waals surface area contributed by atoms with E-state index in [0.717, 1.165) is 16.8 Å². The molecule has 0 fully saturated rings. The number of imidazole rings is 1. The number of urea groups is 1. The minimum absolute atomic E-state index is 0.168. The average Bonchev–Trinajstić information content (AvgIpc) is 3.16. The van der Waals surface area contributed by atoms with Gasteiger partial charge in [-0.25, -0.2) is 9.78 Å². The maximum Gasteiger partial charge on any atom is 0.321 e. The molecule has 0 aliphatic heterocycles. The lowest BCUT2D eigenvalue weighted by molar-refractivity contribution is 0.252. The zero-order valence-corrected chi connectivity index (χ0v) is 17.3. The Labute approximate surface area is 178 Å². The van der Waals surface area contributed by atoms with Crippen LogP contribution in [0.4, 0.5) is 10.7 Å². The molecule has 31 heavy (non-hydrogen) atoms. The number of benzene rings is 2. The molecule has 0 aliphatic rings. The molecule has 0 spiro atoms. The predicted molar refractivity (Wildman–Crippen MR) is 120 cm³/mol. The minimum atomic E-state index is -0.321. The molecule has 4 aromatic rings. The normalized spacial score (nSPS) is 10.8. The van der Waals surface area contributed by atoms with Crippen molar-refractivity contribution in [3.8, 4) is 11.4 Å². The molecule has 0 saturated carbocycles. The standard InChI is InChI=1S/C23H23N5O3/c1-3-24-23(30)27-22-25-18-10-9-17(13-19(18)26-22)28-12-11-20(29)21(15(28)2)31-14-16-7-5-4-6-8-16/h4-13H,3,14H2,1-2H3,(H3,24,25,26,27,30). The molecular weight excluding hydrogens is 394 g/mol. The number of nitrogens with zero attached hydrogens (tertiary/aromatic N) is 2. The van der Waals surface area contributed by atoms with E-state index >= 15 is 0 Å². The van der Waals surface area contributed by atoms with Crippen LogP contribution < -0.4 is 20.8 Å². The Kier molecular flexibility index (Phi) is 5.70. The number of hydrogen-bond acceptors (Lipinski definition) is 4. The number of hydrogen-bond donors (Lipinski definition) is 3. The smallest absolute Gasteiger partial charge is 0.321 e. The summed E-state index contributed by atoms with van der Waals surface area (Å²) in [4.78, 5) is 31.6. The maximum atomic E-state index is 12.4. The summed E-state index contributed by atoms with van der Waals surface area (Å²) in [6, 6.07) is 16.6. The Morgan fingerprint density at radius 2 is 1.97 bits per heavy atom. The van der Waals surface area contributed by atoms with E-state index in [2.05, 4.69) is 20.6 Å². The van der Waals surface area contributed by atoms with Crippen LogP contribution in [0.2, 0.25) is 0 Å². The monoisotopic (exact) mass is 417 g/mol. The highest BCUT2D eigenvalue weighted by molar-refractivity contribution is 5.90. The fourth-order valence-corrected chi connectivity index (χ4v) is 3.32. The van der Waals surface area contributed by atoms with E-state index in [1.54, 1.807) is 6.20 Å². The van der Waals surface area contributed by atoms with Crippen LogP contribution in [0.25, 0.3) is 16.7 Å². The molecule has 3 N–H and O–H groups in total. The summed E-state index contributed by atoms with van der Waals surface area (Å²) < 4.78 is 7.75. The molecule has 2 aromatic carbocycles. The fourth-order valence-electron chi connectivity index (χ4n) is 3.32. The van der Waals surface area contributed by atoms with E-state index in [-0.39, 0.29) is 11.5 Å². The molecule has 8 nitrogen and oxygen atoms in total. The minimum Gasteiger partial charge on any atom is -0.483 e. The lowest BCUT2D eigenvalue weighted by Crippen LogP contribution is -2.28. The van der Waals surface area contributed by atoms with Gasteiger partial charge in [-0.2, -0.15) is 0 Å². The number of amides is 2. The fraction of sp³-hybridized carbons (Fsp3) is 0.174. The van der Waals surface area contributed by atoms with Gasteiger partial charge < -0.3 is 19.6 Å². The Bertz CT molecular complexity index is 1280. The first-order valence-electron chi connectivity index (χ1n) is 9.99. The number of fused-ring (bicyclic) bond motifs is 1. The summed E-state index contributed by atoms with van der Waals surface area (Å²) in [5, 5.41) is 5.33. The Hall–Kier alpha value is -4.07. The van der Waals surface area contributed by atoms with Crippen molar-refractivity contribution in [2.24, 2.45) is 0 Å². The largest absolute Gasteiger partial charge is 0.483 e. The van der Waals surface area contributed by atoms with E-state index in [9.17, 15) is 9.59 Å². The Morgan fingerprint density at radius 3 is 2.74 bits per heavy atom. The van der Waals surface area contributed by atoms with Gasteiger partial charge in [0, 0.05) is 24.5 Å². The van der Waals surface area contributed by atoms with Crippen molar-refractivity contribution < 1.29 is 9.53 Å². The van der Waals surface area contributed by atoms with Crippen LogP contribution in [0, 0.1) is 6.92 Å². The van der Waals surface area contributed by atoms with E-state index in [4.69, 9.17) is 4.74 Å². The SMILES string of the molecule is CCNC(=O)Nc1nc2cc(-n3ccc(=O)c(OCc4ccccc4)c3C)ccc2[nH]1. The molecule has 0 saturated heterocycles. The predicted octanol–water partition coefficient (Wildman–Crippen LogP) is 3.74. The number of nitrogens with one attached hydrogen (secondary N) is 3. The molecule has 158 valence electrons. The maximum absolute atomic E-state index is 12.4. The van der Waals surface area contributed by atoms with E-state index < -0.39 is 0 Å². The van der Waals surface area contributed by atoms with Crippen LogP contribution in [0.15, 0.2) is 65.6 Å². The van der Waals surface area contributed by atoms with Crippen LogP contribution in [0.5, 0.6) is 5.75 Å². The van der Waals surface area contributed by atoms with Gasteiger partial charge >= 0.3 is 6.03 Å². The Morgan fingerprint density at radius 1 is 1.16 bits per heavy atom. The Balaban J connectivity index is 1.62. The summed E-state index contributed by atoms with van der Waals surface area (Å²) in [6.07, 6.45) is 1.72. The highest BCUT2D eigenvalue weighted by Gasteiger charge is 2.12. The average molecular weight is 417 g/mol. The molecule has 0 unspecified atom stereocenters. The van der Waals surface area contributed by atoms with Crippen molar-refractivity contribution in [2.45, 2.75) is 20.5 Å². The van der Waals surface area contributed by atoms with Crippen molar-refractivity contribution in [1.82, 2.24) is 19.9 Å². The third-order valence-corrected chi connectivity index (χ3v) is 4.83. The molecule has 2 heterocycles. The molecule has 2 amide bonds. The summed E-state index contributed by atoms with van der Waals surface area (Å²) in [5.74, 6) is 0.675. The van der Waals surface area contributed by atoms with E-state index in [0.29, 0.717) is 36.1 Å². The number of carbonyl (C=O) groups is 1. The van der Waals surface area contributed by atoms with E-state index in [1.165, 1.54) is 6.07 Å². The van der Waals surface area contributed by atoms with Crippen LogP contribution in [0.1, 0.15) is 18.2 Å². The molecule has 4 rings (SSSR count). The van der Waals surface area contributed by atoms with Crippen LogP contribution >= 0.6 is 0 Å². The zero-order chi connectivity index (χ0) is 21.8. The third kappa shape index (κ3) is 4.42. The van der Waals surface area contributed by atoms with Crippen molar-refractivity contribution in [3.63, 3.8) is 0 Å². The second kappa shape index (κ2) is 8.74. The lowest BCUT2D eigenvalue weighted by Gasteiger charge is -2.15. The number of pyridine rings is 1. The van der Waals surface area contributed by atoms with Gasteiger partial charge in [-0.05, 0) is 37.6 Å². The number of ether oxygens (including phenoxy) is 1. The third-order valence-electron chi connectivity index (χ3n) is 4.83. The van der Waals surface area contributed by atoms with Crippen LogP contribution in [-0.2, 0) is 6.61 Å². The number of H-pyrrole nitrogens is 1. The molecular formula is C23H23N5O3. The van der Waals surface area contributed by atoms with Gasteiger partial charge in [0.15, 0.2) is 5.75 Å². The molecule has 0 atom stereocenters. The van der Waals surface area contributed by atoms with Crippen molar-refractivity contribution >= 4 is 23.0 Å². The van der Waals surface area contributed by atoms with Crippen LogP contribution in [0.3, 0.4) is 0 Å². The molecule has 0 bridgehead atoms. The van der Waals surface area contributed by atoms with Gasteiger partial charge in [0.1, 0.15) is 6.61 Å². The number of aromatic nitrogens is 3. The molecule has 0 radical (unpaired) electrons. The van der Waals surface area contributed by atoms with Crippen molar-refractivity contribution in [1.29, 1.82) is 0 Å². The first kappa shape index (κ1) is 20.2. The lowest BCUT2D eigenvalue weighted by atomic mass is 10.2. The summed E-state index contributed by atoms with van der Waals surface area (Å²) in [5.41, 5.74) is 3.81. The van der Waals surface area contributed by atoms with Gasteiger partial charge in [-0.1, -0.05) is 30.3 Å². The quantitative estimate of drug-likeness (QED) is 0.445. The van der Waals surface area contributed by atoms with Gasteiger partial charge in [0.2, 0.25) is 11.4 Å². The van der Waals surface area contributed by atoms with Gasteiger partial charge in [0.25, 0.3) is 0 Å². The molecule has 8 heteroatoms. The number of aromatic amines is 1. The second-order valence-corrected chi connectivity index (χ2v) is 7.01. The van der Waals surface area contributed by atoms with Gasteiger partial charge in [0.05, 0.1) is 16.7 Å². The summed E-state index contributed by atoms with van der Waals surface area (Å²) in [6.45, 7) is 4.53. The first-order chi connectivity index (χ1) is 15.0. The number of carbonyl (C=O) groups excluding carboxylic acids is 1. The van der Waals surface area contributed by atoms with Crippen LogP contribution in [-0.4, -0.2) is 27.1 Å². The van der Waals surface area contributed by atoms with Gasteiger partial charge in [-0.15, -0.1) is 0 Å².